The third-order valence-corrected chi connectivity index (χ3v) is 9.79. The van der Waals surface area contributed by atoms with Crippen LogP contribution < -0.4 is 4.90 Å². The molecule has 0 amide bonds. The van der Waals surface area contributed by atoms with Crippen LogP contribution in [0.1, 0.15) is 25.0 Å². The summed E-state index contributed by atoms with van der Waals surface area (Å²) in [6, 6.07) is 52.3. The van der Waals surface area contributed by atoms with Crippen LogP contribution in [0.3, 0.4) is 0 Å². The highest BCUT2D eigenvalue weighted by molar-refractivity contribution is 7.21. The number of aromatic nitrogens is 1. The molecule has 3 heteroatoms. The lowest BCUT2D eigenvalue weighted by molar-refractivity contribution is 0.660. The van der Waals surface area contributed by atoms with Gasteiger partial charge in [-0.05, 0) is 75.8 Å². The first-order valence-corrected chi connectivity index (χ1v) is 15.5. The molecule has 0 bridgehead atoms. The van der Waals surface area contributed by atoms with Crippen LogP contribution in [0.15, 0.2) is 146 Å². The van der Waals surface area contributed by atoms with Crippen molar-refractivity contribution in [2.75, 3.05) is 4.90 Å². The quantitative estimate of drug-likeness (QED) is 0.205. The van der Waals surface area contributed by atoms with Gasteiger partial charge in [-0.25, -0.2) is 4.98 Å². The van der Waals surface area contributed by atoms with Crippen LogP contribution >= 0.6 is 11.3 Å². The van der Waals surface area contributed by atoms with E-state index >= 15 is 0 Å². The molecule has 0 saturated carbocycles. The van der Waals surface area contributed by atoms with Gasteiger partial charge in [-0.2, -0.15) is 0 Å². The SMILES string of the molecule is CC1(C)c2ccccc2-c2ccc(N(c3ccccc3)c3ccc4sc(-c5ccc(-c6ccccc6)cc5)nc4c3)cc21. The lowest BCUT2D eigenvalue weighted by Gasteiger charge is -2.28. The Hall–Kier alpha value is -4.99. The minimum atomic E-state index is -0.0614. The Morgan fingerprint density at radius 1 is 0.512 bits per heavy atom. The van der Waals surface area contributed by atoms with E-state index in [1.165, 1.54) is 38.1 Å². The van der Waals surface area contributed by atoms with E-state index < -0.39 is 0 Å². The Morgan fingerprint density at radius 3 is 1.91 bits per heavy atom. The number of anilines is 3. The molecule has 6 aromatic carbocycles. The normalized spacial score (nSPS) is 13.1. The van der Waals surface area contributed by atoms with Gasteiger partial charge in [-0.15, -0.1) is 11.3 Å². The van der Waals surface area contributed by atoms with Crippen LogP contribution in [0.5, 0.6) is 0 Å². The fourth-order valence-electron chi connectivity index (χ4n) is 6.47. The zero-order chi connectivity index (χ0) is 29.0. The summed E-state index contributed by atoms with van der Waals surface area (Å²) >= 11 is 1.74. The average molecular weight is 571 g/mol. The summed E-state index contributed by atoms with van der Waals surface area (Å²) in [4.78, 5) is 7.47. The van der Waals surface area contributed by atoms with Crippen molar-refractivity contribution in [3.63, 3.8) is 0 Å². The number of hydrogen-bond donors (Lipinski definition) is 0. The van der Waals surface area contributed by atoms with Gasteiger partial charge in [0, 0.05) is 28.0 Å². The van der Waals surface area contributed by atoms with Gasteiger partial charge >= 0.3 is 0 Å². The average Bonchev–Trinajstić information content (AvgIpc) is 3.59. The van der Waals surface area contributed by atoms with Gasteiger partial charge < -0.3 is 4.90 Å². The highest BCUT2D eigenvalue weighted by atomic mass is 32.1. The third-order valence-electron chi connectivity index (χ3n) is 8.71. The third kappa shape index (κ3) is 4.36. The summed E-state index contributed by atoms with van der Waals surface area (Å²) < 4.78 is 1.18. The molecule has 206 valence electrons. The van der Waals surface area contributed by atoms with E-state index in [0.29, 0.717) is 0 Å². The number of nitrogens with zero attached hydrogens (tertiary/aromatic N) is 2. The summed E-state index contributed by atoms with van der Waals surface area (Å²) in [5.41, 5.74) is 13.3. The van der Waals surface area contributed by atoms with E-state index in [9.17, 15) is 0 Å². The Kier molecular flexibility index (Phi) is 6.02. The van der Waals surface area contributed by atoms with Crippen LogP contribution in [-0.4, -0.2) is 4.98 Å². The number of rotatable bonds is 5. The van der Waals surface area contributed by atoms with Crippen LogP contribution in [0.25, 0.3) is 43.0 Å². The molecule has 7 aromatic rings. The monoisotopic (exact) mass is 570 g/mol. The number of fused-ring (bicyclic) bond motifs is 4. The molecule has 0 radical (unpaired) electrons. The molecule has 1 heterocycles. The predicted octanol–water partition coefficient (Wildman–Crippen LogP) is 11.4. The highest BCUT2D eigenvalue weighted by Crippen LogP contribution is 2.50. The summed E-state index contributed by atoms with van der Waals surface area (Å²) in [5, 5.41) is 1.04. The molecule has 2 nitrogen and oxygen atoms in total. The minimum Gasteiger partial charge on any atom is -0.310 e. The van der Waals surface area contributed by atoms with E-state index in [-0.39, 0.29) is 5.41 Å². The van der Waals surface area contributed by atoms with Crippen molar-refractivity contribution in [2.24, 2.45) is 0 Å². The van der Waals surface area contributed by atoms with E-state index in [1.54, 1.807) is 11.3 Å². The maximum Gasteiger partial charge on any atom is 0.124 e. The minimum absolute atomic E-state index is 0.0614. The summed E-state index contributed by atoms with van der Waals surface area (Å²) in [6.45, 7) is 4.67. The Bertz CT molecular complexity index is 2090. The van der Waals surface area contributed by atoms with Crippen LogP contribution in [0.2, 0.25) is 0 Å². The molecule has 8 rings (SSSR count). The molecule has 43 heavy (non-hydrogen) atoms. The van der Waals surface area contributed by atoms with Crippen molar-refractivity contribution in [2.45, 2.75) is 19.3 Å². The van der Waals surface area contributed by atoms with Crippen molar-refractivity contribution in [1.29, 1.82) is 0 Å². The molecular formula is C40H30N2S. The highest BCUT2D eigenvalue weighted by Gasteiger charge is 2.35. The Labute approximate surface area is 256 Å². The Balaban J connectivity index is 1.19. The van der Waals surface area contributed by atoms with E-state index in [4.69, 9.17) is 4.98 Å². The molecule has 0 aliphatic heterocycles. The van der Waals surface area contributed by atoms with Crippen LogP contribution in [0.4, 0.5) is 17.1 Å². The van der Waals surface area contributed by atoms with Crippen LogP contribution in [0, 0.1) is 0 Å². The second-order valence-corrected chi connectivity index (χ2v) is 12.7. The van der Waals surface area contributed by atoms with Gasteiger partial charge in [0.1, 0.15) is 5.01 Å². The number of para-hydroxylation sites is 1. The first-order valence-electron chi connectivity index (χ1n) is 14.7. The van der Waals surface area contributed by atoms with Crippen molar-refractivity contribution in [3.05, 3.63) is 157 Å². The van der Waals surface area contributed by atoms with Crippen molar-refractivity contribution >= 4 is 38.6 Å². The summed E-state index contributed by atoms with van der Waals surface area (Å²) in [5.74, 6) is 0. The number of hydrogen-bond acceptors (Lipinski definition) is 3. The molecule has 0 fully saturated rings. The van der Waals surface area contributed by atoms with E-state index in [1.807, 2.05) is 0 Å². The second kappa shape index (κ2) is 10.1. The second-order valence-electron chi connectivity index (χ2n) is 11.7. The zero-order valence-corrected chi connectivity index (χ0v) is 25.0. The Morgan fingerprint density at radius 2 is 1.12 bits per heavy atom. The largest absolute Gasteiger partial charge is 0.310 e. The molecular weight excluding hydrogens is 541 g/mol. The molecule has 0 saturated heterocycles. The predicted molar refractivity (Wildman–Crippen MR) is 183 cm³/mol. The fourth-order valence-corrected chi connectivity index (χ4v) is 7.42. The number of thiazole rings is 1. The molecule has 1 aliphatic rings. The lowest BCUT2D eigenvalue weighted by Crippen LogP contribution is -2.16. The zero-order valence-electron chi connectivity index (χ0n) is 24.2. The van der Waals surface area contributed by atoms with Crippen molar-refractivity contribution in [3.8, 4) is 32.8 Å². The first-order chi connectivity index (χ1) is 21.1. The van der Waals surface area contributed by atoms with Crippen molar-refractivity contribution < 1.29 is 0 Å². The lowest BCUT2D eigenvalue weighted by atomic mass is 9.82. The van der Waals surface area contributed by atoms with E-state index in [0.717, 1.165) is 33.1 Å². The van der Waals surface area contributed by atoms with Crippen LogP contribution in [-0.2, 0) is 5.41 Å². The first kappa shape index (κ1) is 25.7. The molecule has 0 spiro atoms. The van der Waals surface area contributed by atoms with E-state index in [2.05, 4.69) is 164 Å². The molecule has 0 unspecified atom stereocenters. The maximum absolute atomic E-state index is 5.12. The number of benzene rings is 6. The maximum atomic E-state index is 5.12. The summed E-state index contributed by atoms with van der Waals surface area (Å²) in [7, 11) is 0. The van der Waals surface area contributed by atoms with Gasteiger partial charge in [0.25, 0.3) is 0 Å². The van der Waals surface area contributed by atoms with Gasteiger partial charge in [-0.1, -0.05) is 117 Å². The van der Waals surface area contributed by atoms with Gasteiger partial charge in [0.15, 0.2) is 0 Å². The van der Waals surface area contributed by atoms with Gasteiger partial charge in [0.05, 0.1) is 10.2 Å². The molecule has 0 atom stereocenters. The van der Waals surface area contributed by atoms with Gasteiger partial charge in [-0.3, -0.25) is 0 Å². The summed E-state index contributed by atoms with van der Waals surface area (Å²) in [6.07, 6.45) is 0. The molecule has 1 aliphatic carbocycles. The fraction of sp³-hybridized carbons (Fsp3) is 0.0750. The smallest absolute Gasteiger partial charge is 0.124 e. The van der Waals surface area contributed by atoms with Crippen molar-refractivity contribution in [1.82, 2.24) is 4.98 Å². The molecule has 0 N–H and O–H groups in total. The standard InChI is InChI=1S/C40H30N2S/c1-40(2)35-16-10-9-15-33(35)34-23-21-31(25-36(34)40)42(30-13-7-4-8-14-30)32-22-24-38-37(26-32)41-39(43-38)29-19-17-28(18-20-29)27-11-5-3-6-12-27/h3-26H,1-2H3. The van der Waals surface area contributed by atoms with Gasteiger partial charge in [0.2, 0.25) is 0 Å². The topological polar surface area (TPSA) is 16.1 Å². The molecule has 1 aromatic heterocycles.